The van der Waals surface area contributed by atoms with Gasteiger partial charge in [0.1, 0.15) is 10.8 Å². The molecule has 1 amide bonds. The molecule has 2 N–H and O–H groups in total. The number of carbonyl (C=O) groups is 1. The van der Waals surface area contributed by atoms with Gasteiger partial charge in [0.2, 0.25) is 0 Å². The van der Waals surface area contributed by atoms with Crippen molar-refractivity contribution < 1.29 is 14.6 Å². The van der Waals surface area contributed by atoms with E-state index in [-0.39, 0.29) is 12.5 Å². The predicted molar refractivity (Wildman–Crippen MR) is 100 cm³/mol. The normalized spacial score (nSPS) is 10.8. The quantitative estimate of drug-likeness (QED) is 0.622. The molecule has 0 aliphatic heterocycles. The lowest BCUT2D eigenvalue weighted by atomic mass is 10.2. The van der Waals surface area contributed by atoms with Crippen molar-refractivity contribution in [3.8, 4) is 5.75 Å². The number of carbonyl (C=O) groups excluding carboxylic acids is 1. The van der Waals surface area contributed by atoms with E-state index in [9.17, 15) is 9.90 Å². The van der Waals surface area contributed by atoms with Crippen molar-refractivity contribution in [2.45, 2.75) is 26.4 Å². The molecule has 0 unspecified atom stereocenters. The van der Waals surface area contributed by atoms with Gasteiger partial charge >= 0.3 is 0 Å². The molecule has 0 atom stereocenters. The Hall–Kier alpha value is -2.44. The van der Waals surface area contributed by atoms with Gasteiger partial charge < -0.3 is 15.2 Å². The summed E-state index contributed by atoms with van der Waals surface area (Å²) >= 11 is 1.44. The van der Waals surface area contributed by atoms with E-state index in [1.54, 1.807) is 12.1 Å². The summed E-state index contributed by atoms with van der Waals surface area (Å²) in [5, 5.41) is 12.7. The van der Waals surface area contributed by atoms with E-state index in [1.807, 2.05) is 30.3 Å². The van der Waals surface area contributed by atoms with Crippen LogP contribution in [0.15, 0.2) is 42.5 Å². The van der Waals surface area contributed by atoms with Gasteiger partial charge in [-0.05, 0) is 42.8 Å². The van der Waals surface area contributed by atoms with Crippen LogP contribution in [0.25, 0.3) is 10.2 Å². The first-order valence-electron chi connectivity index (χ1n) is 8.24. The van der Waals surface area contributed by atoms with Crippen LogP contribution in [0.5, 0.6) is 5.75 Å². The predicted octanol–water partition coefficient (Wildman–Crippen LogP) is 4.22. The summed E-state index contributed by atoms with van der Waals surface area (Å²) < 4.78 is 6.63. The van der Waals surface area contributed by atoms with E-state index in [4.69, 9.17) is 4.74 Å². The molecular formula is C19H20N2O3S. The SMILES string of the molecule is CCCCOc1cccc(C(=O)Nc2ccc3sc(CO)nc3c2)c1. The molecule has 1 heterocycles. The number of aliphatic hydroxyl groups is 1. The fourth-order valence-corrected chi connectivity index (χ4v) is 3.19. The van der Waals surface area contributed by atoms with Crippen molar-refractivity contribution in [3.63, 3.8) is 0 Å². The molecule has 0 aliphatic carbocycles. The van der Waals surface area contributed by atoms with Gasteiger partial charge in [-0.15, -0.1) is 11.3 Å². The average Bonchev–Trinajstić information content (AvgIpc) is 3.04. The summed E-state index contributed by atoms with van der Waals surface area (Å²) in [5.74, 6) is 0.501. The summed E-state index contributed by atoms with van der Waals surface area (Å²) in [7, 11) is 0. The van der Waals surface area contributed by atoms with E-state index in [0.717, 1.165) is 23.1 Å². The van der Waals surface area contributed by atoms with Gasteiger partial charge in [0.05, 0.1) is 23.4 Å². The smallest absolute Gasteiger partial charge is 0.255 e. The minimum absolute atomic E-state index is 0.0775. The van der Waals surface area contributed by atoms with Crippen LogP contribution in [0, 0.1) is 0 Å². The van der Waals surface area contributed by atoms with Crippen LogP contribution in [-0.2, 0) is 6.61 Å². The van der Waals surface area contributed by atoms with Crippen LogP contribution in [0.3, 0.4) is 0 Å². The van der Waals surface area contributed by atoms with Crippen LogP contribution < -0.4 is 10.1 Å². The van der Waals surface area contributed by atoms with Crippen molar-refractivity contribution in [3.05, 3.63) is 53.0 Å². The van der Waals surface area contributed by atoms with E-state index in [1.165, 1.54) is 11.3 Å². The lowest BCUT2D eigenvalue weighted by molar-refractivity contribution is 0.102. The lowest BCUT2D eigenvalue weighted by Crippen LogP contribution is -2.12. The number of anilines is 1. The van der Waals surface area contributed by atoms with E-state index >= 15 is 0 Å². The molecule has 130 valence electrons. The summed E-state index contributed by atoms with van der Waals surface area (Å²) in [6.45, 7) is 2.68. The lowest BCUT2D eigenvalue weighted by Gasteiger charge is -2.08. The van der Waals surface area contributed by atoms with Crippen LogP contribution in [-0.4, -0.2) is 22.6 Å². The number of benzene rings is 2. The van der Waals surface area contributed by atoms with Crippen LogP contribution in [0.4, 0.5) is 5.69 Å². The Morgan fingerprint density at radius 1 is 1.28 bits per heavy atom. The second-order valence-corrected chi connectivity index (χ2v) is 6.75. The number of nitrogens with one attached hydrogen (secondary N) is 1. The maximum absolute atomic E-state index is 12.5. The highest BCUT2D eigenvalue weighted by molar-refractivity contribution is 7.18. The number of thiazole rings is 1. The monoisotopic (exact) mass is 356 g/mol. The molecule has 6 heteroatoms. The fourth-order valence-electron chi connectivity index (χ4n) is 2.39. The van der Waals surface area contributed by atoms with Crippen LogP contribution in [0.1, 0.15) is 35.1 Å². The van der Waals surface area contributed by atoms with Gasteiger partial charge in [0, 0.05) is 11.3 Å². The first kappa shape index (κ1) is 17.4. The highest BCUT2D eigenvalue weighted by Gasteiger charge is 2.09. The molecule has 0 radical (unpaired) electrons. The Bertz CT molecular complexity index is 876. The Morgan fingerprint density at radius 2 is 2.16 bits per heavy atom. The molecule has 3 aromatic rings. The molecule has 3 rings (SSSR count). The Kier molecular flexibility index (Phi) is 5.63. The van der Waals surface area contributed by atoms with Crippen molar-refractivity contribution in [1.29, 1.82) is 0 Å². The molecule has 0 spiro atoms. The summed E-state index contributed by atoms with van der Waals surface area (Å²) in [6.07, 6.45) is 2.05. The number of fused-ring (bicyclic) bond motifs is 1. The maximum atomic E-state index is 12.5. The molecule has 2 aromatic carbocycles. The molecule has 0 saturated heterocycles. The van der Waals surface area contributed by atoms with Gasteiger partial charge in [-0.2, -0.15) is 0 Å². The summed E-state index contributed by atoms with van der Waals surface area (Å²) in [4.78, 5) is 16.8. The van der Waals surface area contributed by atoms with Gasteiger partial charge in [-0.25, -0.2) is 4.98 Å². The standard InChI is InChI=1S/C19H20N2O3S/c1-2-3-9-24-15-6-4-5-13(10-15)19(23)20-14-7-8-17-16(11-14)21-18(12-22)25-17/h4-8,10-11,22H,2-3,9,12H2,1H3,(H,20,23). The van der Waals surface area contributed by atoms with Gasteiger partial charge in [-0.3, -0.25) is 4.79 Å². The third-order valence-corrected chi connectivity index (χ3v) is 4.71. The van der Waals surface area contributed by atoms with Crippen molar-refractivity contribution >= 4 is 33.1 Å². The van der Waals surface area contributed by atoms with E-state index in [2.05, 4.69) is 17.2 Å². The van der Waals surface area contributed by atoms with Crippen LogP contribution >= 0.6 is 11.3 Å². The second-order valence-electron chi connectivity index (χ2n) is 5.63. The largest absolute Gasteiger partial charge is 0.494 e. The van der Waals surface area contributed by atoms with Gasteiger partial charge in [-0.1, -0.05) is 19.4 Å². The Labute approximate surface area is 150 Å². The number of hydrogen-bond acceptors (Lipinski definition) is 5. The number of aromatic nitrogens is 1. The minimum atomic E-state index is -0.196. The third kappa shape index (κ3) is 4.35. The molecule has 25 heavy (non-hydrogen) atoms. The highest BCUT2D eigenvalue weighted by Crippen LogP contribution is 2.25. The first-order valence-corrected chi connectivity index (χ1v) is 9.06. The van der Waals surface area contributed by atoms with Crippen molar-refractivity contribution in [2.24, 2.45) is 0 Å². The summed E-state index contributed by atoms with van der Waals surface area (Å²) in [5.41, 5.74) is 1.98. The molecule has 0 aliphatic rings. The number of amides is 1. The third-order valence-electron chi connectivity index (χ3n) is 3.69. The Morgan fingerprint density at radius 3 is 2.96 bits per heavy atom. The summed E-state index contributed by atoms with van der Waals surface area (Å²) in [6, 6.07) is 12.7. The topological polar surface area (TPSA) is 71.5 Å². The second kappa shape index (κ2) is 8.09. The number of rotatable bonds is 7. The fraction of sp³-hybridized carbons (Fsp3) is 0.263. The maximum Gasteiger partial charge on any atom is 0.255 e. The number of nitrogens with zero attached hydrogens (tertiary/aromatic N) is 1. The Balaban J connectivity index is 1.72. The zero-order chi connectivity index (χ0) is 17.6. The van der Waals surface area contributed by atoms with Gasteiger partial charge in [0.15, 0.2) is 0 Å². The number of aliphatic hydroxyl groups excluding tert-OH is 1. The van der Waals surface area contributed by atoms with E-state index in [0.29, 0.717) is 28.6 Å². The minimum Gasteiger partial charge on any atom is -0.494 e. The molecule has 0 bridgehead atoms. The zero-order valence-electron chi connectivity index (χ0n) is 14.0. The van der Waals surface area contributed by atoms with E-state index < -0.39 is 0 Å². The average molecular weight is 356 g/mol. The van der Waals surface area contributed by atoms with Crippen molar-refractivity contribution in [1.82, 2.24) is 4.98 Å². The highest BCUT2D eigenvalue weighted by atomic mass is 32.1. The zero-order valence-corrected chi connectivity index (χ0v) is 14.8. The van der Waals surface area contributed by atoms with Crippen molar-refractivity contribution in [2.75, 3.05) is 11.9 Å². The van der Waals surface area contributed by atoms with Crippen LogP contribution in [0.2, 0.25) is 0 Å². The molecule has 5 nitrogen and oxygen atoms in total. The molecule has 0 saturated carbocycles. The van der Waals surface area contributed by atoms with Gasteiger partial charge in [0.25, 0.3) is 5.91 Å². The molecule has 1 aromatic heterocycles. The number of ether oxygens (including phenoxy) is 1. The molecular weight excluding hydrogens is 336 g/mol. The molecule has 0 fully saturated rings. The number of hydrogen-bond donors (Lipinski definition) is 2. The number of unbranched alkanes of at least 4 members (excludes halogenated alkanes) is 1. The first-order chi connectivity index (χ1) is 12.2.